The Labute approximate surface area is 210 Å². The Morgan fingerprint density at radius 3 is 2.43 bits per heavy atom. The molecule has 2 aromatic carbocycles. The van der Waals surface area contributed by atoms with Crippen molar-refractivity contribution in [2.24, 2.45) is 0 Å². The molecule has 0 spiro atoms. The molecule has 4 aromatic rings. The van der Waals surface area contributed by atoms with Crippen molar-refractivity contribution in [3.63, 3.8) is 0 Å². The van der Waals surface area contributed by atoms with Gasteiger partial charge in [0.1, 0.15) is 18.0 Å². The van der Waals surface area contributed by atoms with Crippen LogP contribution in [-0.4, -0.2) is 59.6 Å². The fourth-order valence-corrected chi connectivity index (χ4v) is 3.49. The Bertz CT molecular complexity index is 1500. The third-order valence-electron chi connectivity index (χ3n) is 5.15. The number of aliphatic hydroxyl groups excluding tert-OH is 1. The van der Waals surface area contributed by atoms with Crippen molar-refractivity contribution in [3.05, 3.63) is 81.5 Å². The van der Waals surface area contributed by atoms with E-state index in [1.807, 2.05) is 0 Å². The number of halogens is 5. The van der Waals surface area contributed by atoms with Crippen LogP contribution in [0.5, 0.6) is 0 Å². The number of aromatic nitrogens is 6. The molecule has 15 heteroatoms. The molecule has 4 rings (SSSR count). The van der Waals surface area contributed by atoms with E-state index in [0.29, 0.717) is 9.59 Å². The molecule has 0 fully saturated rings. The molecular weight excluding hydrogens is 524 g/mol. The zero-order valence-electron chi connectivity index (χ0n) is 18.9. The lowest BCUT2D eigenvalue weighted by Gasteiger charge is -2.15. The molecule has 0 unspecified atom stereocenters. The van der Waals surface area contributed by atoms with Gasteiger partial charge in [0.25, 0.3) is 0 Å². The lowest BCUT2D eigenvalue weighted by Crippen LogP contribution is -2.37. The van der Waals surface area contributed by atoms with Crippen molar-refractivity contribution in [2.45, 2.75) is 25.4 Å². The highest BCUT2D eigenvalue weighted by atomic mass is 35.5. The van der Waals surface area contributed by atoms with Gasteiger partial charge in [-0.05, 0) is 36.4 Å². The van der Waals surface area contributed by atoms with E-state index in [9.17, 15) is 32.3 Å². The van der Waals surface area contributed by atoms with Crippen LogP contribution < -0.4 is 5.69 Å². The SMILES string of the molecule is COC(=O)c1nc(Cn2nc(-c3ccc(Cl)cc3)n(C[C@H](O)C(F)(F)F)c2=O)nn1-c1ccccc1F. The summed E-state index contributed by atoms with van der Waals surface area (Å²) in [6.45, 7) is -1.63. The Morgan fingerprint density at radius 1 is 1.14 bits per heavy atom. The van der Waals surface area contributed by atoms with Crippen LogP contribution in [0.3, 0.4) is 0 Å². The number of esters is 1. The second-order valence-electron chi connectivity index (χ2n) is 7.65. The van der Waals surface area contributed by atoms with Gasteiger partial charge in [0.2, 0.25) is 5.82 Å². The van der Waals surface area contributed by atoms with Crippen molar-refractivity contribution in [1.82, 2.24) is 29.1 Å². The standard InChI is InChI=1S/C22H17ClF4N6O4/c1-37-20(35)19-28-17(29-33(19)15-5-3-2-4-14(15)24)11-32-21(36)31(10-16(34)22(25,26)27)18(30-32)12-6-8-13(23)9-7-12/h2-9,16,34H,10-11H2,1H3/t16-/m0/s1. The third kappa shape index (κ3) is 5.39. The zero-order valence-corrected chi connectivity index (χ0v) is 19.6. The van der Waals surface area contributed by atoms with Crippen LogP contribution in [0.25, 0.3) is 17.1 Å². The summed E-state index contributed by atoms with van der Waals surface area (Å²) in [6, 6.07) is 11.2. The molecule has 0 saturated heterocycles. The van der Waals surface area contributed by atoms with E-state index in [1.54, 1.807) is 0 Å². The molecule has 0 aliphatic heterocycles. The van der Waals surface area contributed by atoms with Gasteiger partial charge in [-0.15, -0.1) is 10.2 Å². The number of carbonyl (C=O) groups excluding carboxylic acids is 1. The summed E-state index contributed by atoms with van der Waals surface area (Å²) in [6.07, 6.45) is -7.84. The molecule has 0 bridgehead atoms. The molecule has 0 amide bonds. The maximum Gasteiger partial charge on any atom is 0.416 e. The largest absolute Gasteiger partial charge is 0.463 e. The summed E-state index contributed by atoms with van der Waals surface area (Å²) >= 11 is 5.88. The number of methoxy groups -OCH3 is 1. The molecule has 0 aliphatic carbocycles. The summed E-state index contributed by atoms with van der Waals surface area (Å²) in [7, 11) is 1.08. The van der Waals surface area contributed by atoms with Crippen LogP contribution in [-0.2, 0) is 17.8 Å². The van der Waals surface area contributed by atoms with Crippen LogP contribution in [0.1, 0.15) is 16.4 Å². The number of carbonyl (C=O) groups is 1. The highest BCUT2D eigenvalue weighted by molar-refractivity contribution is 6.30. The number of rotatable bonds is 7. The van der Waals surface area contributed by atoms with E-state index >= 15 is 0 Å². The second kappa shape index (κ2) is 10.1. The number of ether oxygens (including phenoxy) is 1. The number of alkyl halides is 3. The van der Waals surface area contributed by atoms with Crippen LogP contribution in [0.4, 0.5) is 17.6 Å². The van der Waals surface area contributed by atoms with E-state index in [2.05, 4.69) is 19.9 Å². The number of hydrogen-bond donors (Lipinski definition) is 1. The van der Waals surface area contributed by atoms with E-state index in [1.165, 1.54) is 42.5 Å². The van der Waals surface area contributed by atoms with Gasteiger partial charge < -0.3 is 9.84 Å². The smallest absolute Gasteiger partial charge is 0.416 e. The van der Waals surface area contributed by atoms with Gasteiger partial charge in [0.15, 0.2) is 17.8 Å². The fourth-order valence-electron chi connectivity index (χ4n) is 3.37. The number of aliphatic hydroxyl groups is 1. The van der Waals surface area contributed by atoms with Crippen LogP contribution in [0.2, 0.25) is 5.02 Å². The van der Waals surface area contributed by atoms with E-state index < -0.39 is 48.7 Å². The topological polar surface area (TPSA) is 117 Å². The molecule has 194 valence electrons. The monoisotopic (exact) mass is 540 g/mol. The van der Waals surface area contributed by atoms with Crippen molar-refractivity contribution < 1.29 is 32.2 Å². The van der Waals surface area contributed by atoms with Gasteiger partial charge in [0.05, 0.1) is 13.7 Å². The number of nitrogens with zero attached hydrogens (tertiary/aromatic N) is 6. The molecule has 37 heavy (non-hydrogen) atoms. The van der Waals surface area contributed by atoms with Crippen molar-refractivity contribution in [2.75, 3.05) is 7.11 Å². The minimum atomic E-state index is -4.99. The summed E-state index contributed by atoms with van der Waals surface area (Å²) in [5.74, 6) is -2.45. The molecule has 1 atom stereocenters. The van der Waals surface area contributed by atoms with Crippen LogP contribution in [0.15, 0.2) is 53.3 Å². The third-order valence-corrected chi connectivity index (χ3v) is 5.40. The lowest BCUT2D eigenvalue weighted by atomic mass is 10.2. The highest BCUT2D eigenvalue weighted by Gasteiger charge is 2.39. The molecule has 10 nitrogen and oxygen atoms in total. The van der Waals surface area contributed by atoms with Gasteiger partial charge in [-0.3, -0.25) is 4.57 Å². The van der Waals surface area contributed by atoms with Gasteiger partial charge in [-0.1, -0.05) is 23.7 Å². The molecule has 0 aliphatic rings. The zero-order chi connectivity index (χ0) is 26.9. The molecule has 2 heterocycles. The quantitative estimate of drug-likeness (QED) is 0.283. The van der Waals surface area contributed by atoms with Crippen molar-refractivity contribution >= 4 is 17.6 Å². The van der Waals surface area contributed by atoms with E-state index in [-0.39, 0.29) is 22.9 Å². The Hall–Kier alpha value is -4.04. The normalized spacial score (nSPS) is 12.5. The van der Waals surface area contributed by atoms with Crippen LogP contribution >= 0.6 is 11.6 Å². The number of para-hydroxylation sites is 1. The molecule has 0 radical (unpaired) electrons. The average Bonchev–Trinajstić information content (AvgIpc) is 3.40. The first-order valence-corrected chi connectivity index (χ1v) is 10.8. The second-order valence-corrected chi connectivity index (χ2v) is 8.08. The summed E-state index contributed by atoms with van der Waals surface area (Å²) in [4.78, 5) is 29.3. The first kappa shape index (κ1) is 26.0. The average molecular weight is 541 g/mol. The van der Waals surface area contributed by atoms with Crippen LogP contribution in [0, 0.1) is 5.82 Å². The summed E-state index contributed by atoms with van der Waals surface area (Å²) in [5, 5.41) is 18.1. The number of benzene rings is 2. The van der Waals surface area contributed by atoms with E-state index in [0.717, 1.165) is 22.5 Å². The molecular formula is C22H17ClF4N6O4. The minimum Gasteiger partial charge on any atom is -0.463 e. The first-order chi connectivity index (χ1) is 17.5. The maximum absolute atomic E-state index is 14.4. The van der Waals surface area contributed by atoms with E-state index in [4.69, 9.17) is 11.6 Å². The fraction of sp³-hybridized carbons (Fsp3) is 0.227. The molecule has 2 aromatic heterocycles. The number of hydrogen-bond acceptors (Lipinski definition) is 7. The highest BCUT2D eigenvalue weighted by Crippen LogP contribution is 2.24. The predicted molar refractivity (Wildman–Crippen MR) is 121 cm³/mol. The van der Waals surface area contributed by atoms with Gasteiger partial charge in [-0.2, -0.15) is 13.2 Å². The van der Waals surface area contributed by atoms with Gasteiger partial charge >= 0.3 is 17.8 Å². The Morgan fingerprint density at radius 2 is 1.81 bits per heavy atom. The van der Waals surface area contributed by atoms with Gasteiger partial charge in [-0.25, -0.2) is 28.3 Å². The first-order valence-electron chi connectivity index (χ1n) is 10.5. The summed E-state index contributed by atoms with van der Waals surface area (Å²) in [5.41, 5.74) is -0.903. The Kier molecular flexibility index (Phi) is 7.14. The van der Waals surface area contributed by atoms with Gasteiger partial charge in [0, 0.05) is 10.6 Å². The maximum atomic E-state index is 14.4. The molecule has 1 N–H and O–H groups in total. The van der Waals surface area contributed by atoms with Crippen molar-refractivity contribution in [3.8, 4) is 17.1 Å². The lowest BCUT2D eigenvalue weighted by molar-refractivity contribution is -0.207. The summed E-state index contributed by atoms with van der Waals surface area (Å²) < 4.78 is 60.5. The minimum absolute atomic E-state index is 0.130. The predicted octanol–water partition coefficient (Wildman–Crippen LogP) is 2.84. The van der Waals surface area contributed by atoms with Crippen molar-refractivity contribution in [1.29, 1.82) is 0 Å². The molecule has 0 saturated carbocycles. The Balaban J connectivity index is 1.79.